The van der Waals surface area contributed by atoms with Gasteiger partial charge in [0, 0.05) is 31.4 Å². The van der Waals surface area contributed by atoms with E-state index in [4.69, 9.17) is 4.74 Å². The molecule has 204 valence electrons. The van der Waals surface area contributed by atoms with Gasteiger partial charge in [-0.15, -0.1) is 0 Å². The predicted molar refractivity (Wildman–Crippen MR) is 115 cm³/mol. The second-order valence-electron chi connectivity index (χ2n) is 8.32. The number of ether oxygens (including phenoxy) is 1. The molecule has 16 heteroatoms. The molecule has 1 aliphatic rings. The highest BCUT2D eigenvalue weighted by Gasteiger charge is 2.38. The van der Waals surface area contributed by atoms with Gasteiger partial charge in [0.15, 0.2) is 0 Å². The maximum atomic E-state index is 13.1. The lowest BCUT2D eigenvalue weighted by molar-refractivity contribution is -0.139. The number of aromatic nitrogens is 4. The van der Waals surface area contributed by atoms with E-state index in [1.54, 1.807) is 10.00 Å². The van der Waals surface area contributed by atoms with Crippen LogP contribution >= 0.6 is 0 Å². The molecule has 0 aliphatic carbocycles. The molecule has 2 aromatic rings. The van der Waals surface area contributed by atoms with E-state index in [-0.39, 0.29) is 37.3 Å². The molecule has 0 bridgehead atoms. The van der Waals surface area contributed by atoms with Crippen molar-refractivity contribution in [2.75, 3.05) is 38.2 Å². The Kier molecular flexibility index (Phi) is 9.07. The van der Waals surface area contributed by atoms with Crippen LogP contribution in [0.25, 0.3) is 0 Å². The third kappa shape index (κ3) is 7.61. The zero-order valence-corrected chi connectivity index (χ0v) is 19.3. The molecule has 0 unspecified atom stereocenters. The largest absolute Gasteiger partial charge is 0.423 e. The number of anilines is 1. The smallest absolute Gasteiger partial charge is 0.394 e. The monoisotopic (exact) mass is 538 g/mol. The summed E-state index contributed by atoms with van der Waals surface area (Å²) in [4.78, 5) is 33.2. The Morgan fingerprint density at radius 2 is 1.78 bits per heavy atom. The van der Waals surface area contributed by atoms with Crippen molar-refractivity contribution in [2.45, 2.75) is 43.6 Å². The summed E-state index contributed by atoms with van der Waals surface area (Å²) in [5, 5.41) is 16.9. The molecule has 1 atom stereocenters. The molecule has 0 spiro atoms. The number of hydrogen-bond acceptors (Lipinski definition) is 8. The molecule has 0 saturated carbocycles. The van der Waals surface area contributed by atoms with E-state index >= 15 is 0 Å². The average molecular weight is 538 g/mol. The van der Waals surface area contributed by atoms with Crippen molar-refractivity contribution in [3.8, 4) is 0 Å². The normalized spacial score (nSPS) is 16.0. The summed E-state index contributed by atoms with van der Waals surface area (Å²) in [7, 11) is 0. The molecule has 3 N–H and O–H groups in total. The highest BCUT2D eigenvalue weighted by atomic mass is 19.4. The van der Waals surface area contributed by atoms with Gasteiger partial charge in [0.1, 0.15) is 11.4 Å². The number of nitrogens with one attached hydrogen (secondary N) is 2. The Hall–Kier alpha value is -3.27. The number of hydrogen-bond donors (Lipinski definition) is 3. The molecule has 0 aromatic carbocycles. The van der Waals surface area contributed by atoms with Crippen molar-refractivity contribution in [3.05, 3.63) is 45.9 Å². The number of carbonyl (C=O) groups is 1. The molecular formula is C21H24F6N6O4. The van der Waals surface area contributed by atoms with Gasteiger partial charge < -0.3 is 20.1 Å². The minimum Gasteiger partial charge on any atom is -0.394 e. The van der Waals surface area contributed by atoms with Crippen LogP contribution in [0, 0.1) is 0 Å². The van der Waals surface area contributed by atoms with Crippen LogP contribution in [0.15, 0.2) is 23.4 Å². The first-order chi connectivity index (χ1) is 17.4. The fraction of sp³-hybridized carbons (Fsp3) is 0.571. The quantitative estimate of drug-likeness (QED) is 0.327. The summed E-state index contributed by atoms with van der Waals surface area (Å²) in [6.45, 7) is -0.230. The maximum absolute atomic E-state index is 13.1. The van der Waals surface area contributed by atoms with E-state index in [0.717, 1.165) is 18.6 Å². The van der Waals surface area contributed by atoms with Crippen LogP contribution in [-0.2, 0) is 21.9 Å². The summed E-state index contributed by atoms with van der Waals surface area (Å²) >= 11 is 0. The molecule has 1 fully saturated rings. The predicted octanol–water partition coefficient (Wildman–Crippen LogP) is 2.18. The van der Waals surface area contributed by atoms with Crippen molar-refractivity contribution in [2.24, 2.45) is 0 Å². The van der Waals surface area contributed by atoms with Gasteiger partial charge in [-0.3, -0.25) is 9.59 Å². The highest BCUT2D eigenvalue weighted by Crippen LogP contribution is 2.32. The van der Waals surface area contributed by atoms with Crippen LogP contribution < -0.4 is 10.9 Å². The zero-order valence-electron chi connectivity index (χ0n) is 19.3. The standard InChI is InChI=1S/C21H24F6N6O4/c22-20(23,24)13-7-28-18(29-8-13)12-1-4-33(5-2-12)16(35)3-6-37-11-14(10-34)31-15-9-30-32-19(36)17(15)21(25,26)27/h7-9,12,14,34H,1-6,10-11H2,(H2,31,32,36)/t14-/m0/s1. The first-order valence-corrected chi connectivity index (χ1v) is 11.2. The first kappa shape index (κ1) is 28.3. The molecule has 3 heterocycles. The van der Waals surface area contributed by atoms with Gasteiger partial charge in [-0.2, -0.15) is 31.4 Å². The fourth-order valence-corrected chi connectivity index (χ4v) is 3.77. The van der Waals surface area contributed by atoms with Crippen molar-refractivity contribution in [3.63, 3.8) is 0 Å². The van der Waals surface area contributed by atoms with E-state index in [1.165, 1.54) is 0 Å². The number of aliphatic hydroxyl groups excluding tert-OH is 1. The lowest BCUT2D eigenvalue weighted by Crippen LogP contribution is -2.39. The summed E-state index contributed by atoms with van der Waals surface area (Å²) in [5.41, 5.74) is -4.47. The maximum Gasteiger partial charge on any atom is 0.423 e. The van der Waals surface area contributed by atoms with E-state index in [0.29, 0.717) is 25.9 Å². The van der Waals surface area contributed by atoms with Gasteiger partial charge in [0.25, 0.3) is 5.56 Å². The van der Waals surface area contributed by atoms with Crippen molar-refractivity contribution in [1.82, 2.24) is 25.1 Å². The topological polar surface area (TPSA) is 133 Å². The van der Waals surface area contributed by atoms with Crippen LogP contribution in [0.2, 0.25) is 0 Å². The number of nitrogens with zero attached hydrogens (tertiary/aromatic N) is 4. The number of carbonyl (C=O) groups excluding carboxylic acids is 1. The molecular weight excluding hydrogens is 514 g/mol. The Labute approximate surface area is 206 Å². The Balaban J connectivity index is 1.43. The van der Waals surface area contributed by atoms with Gasteiger partial charge in [0.2, 0.25) is 5.91 Å². The van der Waals surface area contributed by atoms with Gasteiger partial charge in [-0.25, -0.2) is 15.1 Å². The number of H-pyrrole nitrogens is 1. The van der Waals surface area contributed by atoms with Gasteiger partial charge >= 0.3 is 12.4 Å². The number of halogens is 6. The van der Waals surface area contributed by atoms with E-state index in [2.05, 4.69) is 20.4 Å². The highest BCUT2D eigenvalue weighted by molar-refractivity contribution is 5.76. The van der Waals surface area contributed by atoms with Crippen LogP contribution in [0.1, 0.15) is 42.1 Å². The van der Waals surface area contributed by atoms with Crippen LogP contribution in [-0.4, -0.2) is 75.0 Å². The summed E-state index contributed by atoms with van der Waals surface area (Å²) in [5.74, 6) is -0.131. The second kappa shape index (κ2) is 11.9. The summed E-state index contributed by atoms with van der Waals surface area (Å²) in [6.07, 6.45) is -6.30. The van der Waals surface area contributed by atoms with Crippen LogP contribution in [0.3, 0.4) is 0 Å². The fourth-order valence-electron chi connectivity index (χ4n) is 3.77. The lowest BCUT2D eigenvalue weighted by atomic mass is 9.95. The van der Waals surface area contributed by atoms with Gasteiger partial charge in [-0.1, -0.05) is 0 Å². The Morgan fingerprint density at radius 1 is 1.14 bits per heavy atom. The summed E-state index contributed by atoms with van der Waals surface area (Å²) in [6, 6.07) is -1.00. The van der Waals surface area contributed by atoms with Crippen LogP contribution in [0.4, 0.5) is 32.0 Å². The Morgan fingerprint density at radius 3 is 2.35 bits per heavy atom. The third-order valence-corrected chi connectivity index (χ3v) is 5.71. The zero-order chi connectivity index (χ0) is 27.2. The molecule has 1 saturated heterocycles. The lowest BCUT2D eigenvalue weighted by Gasteiger charge is -2.31. The number of alkyl halides is 6. The van der Waals surface area contributed by atoms with E-state index < -0.39 is 47.4 Å². The minimum atomic E-state index is -4.95. The molecule has 1 aliphatic heterocycles. The first-order valence-electron chi connectivity index (χ1n) is 11.2. The van der Waals surface area contributed by atoms with Crippen molar-refractivity contribution in [1.29, 1.82) is 0 Å². The van der Waals surface area contributed by atoms with E-state index in [1.807, 2.05) is 0 Å². The van der Waals surface area contributed by atoms with Gasteiger partial charge in [0.05, 0.1) is 49.7 Å². The molecule has 1 amide bonds. The number of aromatic amines is 1. The number of aliphatic hydroxyl groups is 1. The third-order valence-electron chi connectivity index (χ3n) is 5.71. The SMILES string of the molecule is O=C(CCOC[C@H](CO)Nc1cn[nH]c(=O)c1C(F)(F)F)N1CCC(c2ncc(C(F)(F)F)cn2)CC1. The van der Waals surface area contributed by atoms with E-state index in [9.17, 15) is 41.0 Å². The number of rotatable bonds is 9. The molecule has 10 nitrogen and oxygen atoms in total. The number of likely N-dealkylation sites (tertiary alicyclic amines) is 1. The molecule has 2 aromatic heterocycles. The van der Waals surface area contributed by atoms with Crippen LogP contribution in [0.5, 0.6) is 0 Å². The van der Waals surface area contributed by atoms with Crippen molar-refractivity contribution >= 4 is 11.6 Å². The minimum absolute atomic E-state index is 0.0278. The molecule has 37 heavy (non-hydrogen) atoms. The van der Waals surface area contributed by atoms with Crippen molar-refractivity contribution < 1.29 is 41.0 Å². The van der Waals surface area contributed by atoms with Gasteiger partial charge in [-0.05, 0) is 12.8 Å². The Bertz CT molecular complexity index is 1100. The number of piperidine rings is 1. The summed E-state index contributed by atoms with van der Waals surface area (Å²) < 4.78 is 82.7. The molecule has 0 radical (unpaired) electrons. The number of amides is 1. The average Bonchev–Trinajstić information content (AvgIpc) is 2.84. The second-order valence-corrected chi connectivity index (χ2v) is 8.32. The molecule has 3 rings (SSSR count).